The van der Waals surface area contributed by atoms with Crippen molar-refractivity contribution in [2.24, 2.45) is 0 Å². The molecule has 4 nitrogen and oxygen atoms in total. The van der Waals surface area contributed by atoms with E-state index in [1.807, 2.05) is 0 Å². The molecular formula is C78H82BN3OS. The average Bonchev–Trinajstić information content (AvgIpc) is 1.26. The molecule has 10 aromatic rings. The van der Waals surface area contributed by atoms with Crippen LogP contribution >= 0.6 is 11.3 Å². The van der Waals surface area contributed by atoms with Crippen LogP contribution in [-0.2, 0) is 37.9 Å². The summed E-state index contributed by atoms with van der Waals surface area (Å²) in [4.78, 5) is 7.94. The molecular weight excluding hydrogens is 1040 g/mol. The van der Waals surface area contributed by atoms with E-state index in [-0.39, 0.29) is 44.6 Å². The number of furan rings is 1. The van der Waals surface area contributed by atoms with E-state index in [4.69, 9.17) is 4.42 Å². The number of para-hydroxylation sites is 2. The monoisotopic (exact) mass is 1120 g/mol. The van der Waals surface area contributed by atoms with E-state index in [9.17, 15) is 0 Å². The van der Waals surface area contributed by atoms with Gasteiger partial charge in [0, 0.05) is 71.5 Å². The molecule has 4 heterocycles. The van der Waals surface area contributed by atoms with E-state index >= 15 is 0 Å². The van der Waals surface area contributed by atoms with Gasteiger partial charge in [-0.15, -0.1) is 11.3 Å². The third-order valence-corrected chi connectivity index (χ3v) is 22.8. The molecule has 2 aliphatic heterocycles. The molecule has 0 saturated heterocycles. The maximum absolute atomic E-state index is 6.75. The number of benzene rings is 8. The molecule has 0 bridgehead atoms. The van der Waals surface area contributed by atoms with Gasteiger partial charge in [0.25, 0.3) is 6.71 Å². The maximum atomic E-state index is 6.75. The first-order valence-electron chi connectivity index (χ1n) is 31.3. The van der Waals surface area contributed by atoms with E-state index in [1.165, 1.54) is 112 Å². The highest BCUT2D eigenvalue weighted by molar-refractivity contribution is 7.33. The number of hydrogen-bond donors (Lipinski definition) is 0. The van der Waals surface area contributed by atoms with Gasteiger partial charge < -0.3 is 19.1 Å². The lowest BCUT2D eigenvalue weighted by Gasteiger charge is -2.47. The highest BCUT2D eigenvalue weighted by Crippen LogP contribution is 2.57. The summed E-state index contributed by atoms with van der Waals surface area (Å²) in [5, 5.41) is 3.62. The molecule has 6 heteroatoms. The standard InChI is InChI=1S/C78H82BN3OS/c1-72(2,3)47-25-27-49(28-26-47)81-63-45-60-59(76(10,11)36-37-77(60,12)13)44-62(63)79-69-64(81)40-52(80(48-21-17-16-18-22-48)51-29-31-54-53-23-19-20-24-66(53)83-67(54)42-51)41-65(69)82(50-30-32-56-57(39-50)74(6,7)34-33-73(56,4)5)70-55-43-58-61(46-68(55)84-71(70)79)78(14,15)38-35-75(58,8)9/h16-32,39-46H,33-38H2,1-15H3. The van der Waals surface area contributed by atoms with Crippen LogP contribution in [-0.4, -0.2) is 6.71 Å². The zero-order valence-corrected chi connectivity index (χ0v) is 53.2. The second kappa shape index (κ2) is 17.8. The average molecular weight is 1120 g/mol. The van der Waals surface area contributed by atoms with Crippen molar-refractivity contribution in [2.45, 2.75) is 180 Å². The number of anilines is 9. The van der Waals surface area contributed by atoms with Crippen molar-refractivity contribution in [2.75, 3.05) is 14.7 Å². The summed E-state index contributed by atoms with van der Waals surface area (Å²) < 4.78 is 9.57. The number of fused-ring (bicyclic) bond motifs is 12. The third kappa shape index (κ3) is 7.97. The van der Waals surface area contributed by atoms with Crippen LogP contribution in [0.2, 0.25) is 0 Å². The van der Waals surface area contributed by atoms with Crippen molar-refractivity contribution in [1.29, 1.82) is 0 Å². The minimum absolute atomic E-state index is 0.00270. The van der Waals surface area contributed by atoms with Gasteiger partial charge in [0.05, 0.1) is 11.4 Å². The number of hydrogen-bond acceptors (Lipinski definition) is 5. The Hall–Kier alpha value is -7.02. The first-order valence-corrected chi connectivity index (χ1v) is 32.1. The van der Waals surface area contributed by atoms with E-state index in [0.29, 0.717) is 0 Å². The highest BCUT2D eigenvalue weighted by atomic mass is 32.1. The lowest BCUT2D eigenvalue weighted by atomic mass is 9.35. The lowest BCUT2D eigenvalue weighted by Crippen LogP contribution is -2.61. The quantitative estimate of drug-likeness (QED) is 0.160. The molecule has 2 aromatic heterocycles. The van der Waals surface area contributed by atoms with Crippen LogP contribution in [0, 0.1) is 0 Å². The maximum Gasteiger partial charge on any atom is 0.264 e. The Morgan fingerprint density at radius 2 is 0.964 bits per heavy atom. The van der Waals surface area contributed by atoms with Crippen LogP contribution in [0.5, 0.6) is 0 Å². The van der Waals surface area contributed by atoms with Crippen molar-refractivity contribution in [3.8, 4) is 0 Å². The van der Waals surface area contributed by atoms with Gasteiger partial charge in [-0.1, -0.05) is 165 Å². The van der Waals surface area contributed by atoms with E-state index in [0.717, 1.165) is 64.7 Å². The highest BCUT2D eigenvalue weighted by Gasteiger charge is 2.50. The summed E-state index contributed by atoms with van der Waals surface area (Å²) in [6.07, 6.45) is 6.95. The molecule has 15 rings (SSSR count). The summed E-state index contributed by atoms with van der Waals surface area (Å²) in [6.45, 7) is 36.8. The molecule has 84 heavy (non-hydrogen) atoms. The molecule has 3 aliphatic carbocycles. The predicted octanol–water partition coefficient (Wildman–Crippen LogP) is 20.7. The Balaban J connectivity index is 1.11. The van der Waals surface area contributed by atoms with Gasteiger partial charge in [0.1, 0.15) is 11.2 Å². The van der Waals surface area contributed by atoms with E-state index in [2.05, 4.69) is 282 Å². The SMILES string of the molecule is CC(C)(C)c1ccc(N2c3cc4c(cc3B3c5sc6cc7c(cc6c5N(c5ccc6c(c5)C(C)(C)CCC6(C)C)c5cc(N(c6ccccc6)c6ccc8c(c6)oc6ccccc68)cc2c53)C(C)(C)CCC7(C)C)C(C)(C)CCC4(C)C)cc1. The molecule has 5 aliphatic rings. The molecule has 0 amide bonds. The number of rotatable bonds is 5. The van der Waals surface area contributed by atoms with Crippen LogP contribution in [0.4, 0.5) is 51.2 Å². The fourth-order valence-corrected chi connectivity index (χ4v) is 17.3. The zero-order valence-electron chi connectivity index (χ0n) is 52.4. The summed E-state index contributed by atoms with van der Waals surface area (Å²) in [5.41, 5.74) is 25.7. The topological polar surface area (TPSA) is 22.9 Å². The molecule has 424 valence electrons. The minimum Gasteiger partial charge on any atom is -0.456 e. The van der Waals surface area contributed by atoms with Crippen LogP contribution in [0.1, 0.15) is 181 Å². The smallest absolute Gasteiger partial charge is 0.264 e. The minimum atomic E-state index is -0.0398. The number of thiophene rings is 1. The van der Waals surface area contributed by atoms with Crippen molar-refractivity contribution >= 4 is 117 Å². The first-order chi connectivity index (χ1) is 39.7. The fourth-order valence-electron chi connectivity index (χ4n) is 16.0. The van der Waals surface area contributed by atoms with Crippen LogP contribution in [0.3, 0.4) is 0 Å². The second-order valence-corrected chi connectivity index (χ2v) is 32.0. The van der Waals surface area contributed by atoms with Crippen molar-refractivity contribution in [3.63, 3.8) is 0 Å². The lowest BCUT2D eigenvalue weighted by molar-refractivity contribution is 0.332. The molecule has 0 saturated carbocycles. The zero-order chi connectivity index (χ0) is 58.6. The third-order valence-electron chi connectivity index (χ3n) is 21.6. The molecule has 0 fully saturated rings. The second-order valence-electron chi connectivity index (χ2n) is 30.9. The predicted molar refractivity (Wildman–Crippen MR) is 362 cm³/mol. The molecule has 0 unspecified atom stereocenters. The molecule has 0 spiro atoms. The molecule has 0 atom stereocenters. The summed E-state index contributed by atoms with van der Waals surface area (Å²) in [7, 11) is 0. The Labute approximate surface area is 504 Å². The van der Waals surface area contributed by atoms with Gasteiger partial charge in [0.15, 0.2) is 0 Å². The van der Waals surface area contributed by atoms with Crippen LogP contribution in [0.15, 0.2) is 156 Å². The molecule has 0 N–H and O–H groups in total. The Morgan fingerprint density at radius 3 is 1.61 bits per heavy atom. The normalized spacial score (nSPS) is 19.1. The van der Waals surface area contributed by atoms with Gasteiger partial charge in [0.2, 0.25) is 0 Å². The van der Waals surface area contributed by atoms with Crippen molar-refractivity contribution in [3.05, 3.63) is 191 Å². The van der Waals surface area contributed by atoms with Crippen LogP contribution in [0.25, 0.3) is 32.0 Å². The summed E-state index contributed by atoms with van der Waals surface area (Å²) >= 11 is 2.07. The van der Waals surface area contributed by atoms with Crippen molar-refractivity contribution in [1.82, 2.24) is 0 Å². The van der Waals surface area contributed by atoms with Gasteiger partial charge in [-0.05, 0) is 211 Å². The summed E-state index contributed by atoms with van der Waals surface area (Å²) in [5.74, 6) is 0. The largest absolute Gasteiger partial charge is 0.456 e. The number of nitrogens with zero attached hydrogens (tertiary/aromatic N) is 3. The van der Waals surface area contributed by atoms with Crippen LogP contribution < -0.4 is 30.4 Å². The Bertz CT molecular complexity index is 4390. The Kier molecular flexibility index (Phi) is 11.4. The van der Waals surface area contributed by atoms with E-state index in [1.54, 1.807) is 0 Å². The molecule has 0 radical (unpaired) electrons. The van der Waals surface area contributed by atoms with Gasteiger partial charge in [-0.2, -0.15) is 0 Å². The van der Waals surface area contributed by atoms with Gasteiger partial charge in [-0.25, -0.2) is 0 Å². The first kappa shape index (κ1) is 53.7. The van der Waals surface area contributed by atoms with Gasteiger partial charge in [-0.3, -0.25) is 0 Å². The molecule has 8 aromatic carbocycles. The fraction of sp³-hybridized carbons (Fsp3) is 0.359. The summed E-state index contributed by atoms with van der Waals surface area (Å²) in [6, 6.07) is 59.4. The van der Waals surface area contributed by atoms with Crippen molar-refractivity contribution < 1.29 is 4.42 Å². The van der Waals surface area contributed by atoms with Gasteiger partial charge >= 0.3 is 0 Å². The Morgan fingerprint density at radius 1 is 0.429 bits per heavy atom. The van der Waals surface area contributed by atoms with E-state index < -0.39 is 0 Å².